The van der Waals surface area contributed by atoms with Crippen molar-refractivity contribution in [1.29, 1.82) is 0 Å². The van der Waals surface area contributed by atoms with E-state index < -0.39 is 0 Å². The Labute approximate surface area is 141 Å². The number of nitrogens with one attached hydrogen (secondary N) is 1. The first-order chi connectivity index (χ1) is 11.8. The van der Waals surface area contributed by atoms with E-state index in [-0.39, 0.29) is 24.5 Å². The van der Waals surface area contributed by atoms with Crippen molar-refractivity contribution < 1.29 is 9.90 Å². The maximum atomic E-state index is 12.6. The number of aromatic nitrogens is 2. The number of anilines is 1. The van der Waals surface area contributed by atoms with Gasteiger partial charge >= 0.3 is 0 Å². The molecule has 2 heterocycles. The van der Waals surface area contributed by atoms with Crippen LogP contribution in [-0.2, 0) is 4.79 Å². The molecule has 2 aromatic rings. The second kappa shape index (κ2) is 7.88. The number of aliphatic hydroxyl groups is 1. The van der Waals surface area contributed by atoms with Gasteiger partial charge in [0.1, 0.15) is 0 Å². The van der Waals surface area contributed by atoms with Crippen LogP contribution < -0.4 is 10.2 Å². The molecule has 1 saturated heterocycles. The van der Waals surface area contributed by atoms with Gasteiger partial charge in [-0.25, -0.2) is 9.97 Å². The van der Waals surface area contributed by atoms with Gasteiger partial charge in [-0.1, -0.05) is 30.3 Å². The van der Waals surface area contributed by atoms with Gasteiger partial charge in [0, 0.05) is 25.5 Å². The summed E-state index contributed by atoms with van der Waals surface area (Å²) in [7, 11) is 0. The molecule has 0 aliphatic carbocycles. The van der Waals surface area contributed by atoms with Crippen LogP contribution in [0.3, 0.4) is 0 Å². The Bertz CT molecular complexity index is 651. The van der Waals surface area contributed by atoms with Gasteiger partial charge in [-0.3, -0.25) is 4.79 Å². The zero-order valence-electron chi connectivity index (χ0n) is 13.5. The Morgan fingerprint density at radius 3 is 2.71 bits per heavy atom. The summed E-state index contributed by atoms with van der Waals surface area (Å²) in [6.07, 6.45) is 5.18. The lowest BCUT2D eigenvalue weighted by Crippen LogP contribution is -2.45. The van der Waals surface area contributed by atoms with Crippen molar-refractivity contribution >= 4 is 11.9 Å². The van der Waals surface area contributed by atoms with Crippen molar-refractivity contribution in [3.63, 3.8) is 0 Å². The molecule has 0 radical (unpaired) electrons. The van der Waals surface area contributed by atoms with Crippen molar-refractivity contribution in [3.05, 3.63) is 54.4 Å². The SMILES string of the molecule is O=C(N[C@H](CO)c1ccccc1)[C@H]1CCCN(c2ncccn2)C1. The fourth-order valence-electron chi connectivity index (χ4n) is 3.04. The lowest BCUT2D eigenvalue weighted by Gasteiger charge is -2.32. The summed E-state index contributed by atoms with van der Waals surface area (Å²) in [5, 5.41) is 12.6. The number of aliphatic hydroxyl groups excluding tert-OH is 1. The minimum atomic E-state index is -0.373. The second-order valence-electron chi connectivity index (χ2n) is 5.99. The highest BCUT2D eigenvalue weighted by Gasteiger charge is 2.28. The van der Waals surface area contributed by atoms with Crippen LogP contribution in [0.1, 0.15) is 24.4 Å². The molecule has 1 amide bonds. The highest BCUT2D eigenvalue weighted by molar-refractivity contribution is 5.80. The Hall–Kier alpha value is -2.47. The van der Waals surface area contributed by atoms with Crippen molar-refractivity contribution in [2.45, 2.75) is 18.9 Å². The number of nitrogens with zero attached hydrogens (tertiary/aromatic N) is 3. The van der Waals surface area contributed by atoms with Crippen LogP contribution >= 0.6 is 0 Å². The van der Waals surface area contributed by atoms with Gasteiger partial charge in [-0.2, -0.15) is 0 Å². The summed E-state index contributed by atoms with van der Waals surface area (Å²) < 4.78 is 0. The molecule has 0 saturated carbocycles. The quantitative estimate of drug-likeness (QED) is 0.871. The summed E-state index contributed by atoms with van der Waals surface area (Å²) in [4.78, 5) is 23.2. The minimum absolute atomic E-state index is 0.0291. The molecule has 0 spiro atoms. The number of amides is 1. The van der Waals surface area contributed by atoms with Crippen LogP contribution in [0.5, 0.6) is 0 Å². The van der Waals surface area contributed by atoms with E-state index in [0.717, 1.165) is 24.9 Å². The van der Waals surface area contributed by atoms with E-state index in [0.29, 0.717) is 12.5 Å². The molecule has 2 atom stereocenters. The average molecular weight is 326 g/mol. The van der Waals surface area contributed by atoms with Crippen LogP contribution in [0.4, 0.5) is 5.95 Å². The highest BCUT2D eigenvalue weighted by atomic mass is 16.3. The molecule has 1 aliphatic rings. The summed E-state index contributed by atoms with van der Waals surface area (Å²) in [5.41, 5.74) is 0.910. The summed E-state index contributed by atoms with van der Waals surface area (Å²) in [6, 6.07) is 10.9. The van der Waals surface area contributed by atoms with Crippen LogP contribution in [0, 0.1) is 5.92 Å². The number of hydrogen-bond donors (Lipinski definition) is 2. The number of piperidine rings is 1. The van der Waals surface area contributed by atoms with Crippen molar-refractivity contribution in [2.75, 3.05) is 24.6 Å². The predicted octanol–water partition coefficient (Wildman–Crippen LogP) is 1.54. The Kier molecular flexibility index (Phi) is 5.38. The fraction of sp³-hybridized carbons (Fsp3) is 0.389. The van der Waals surface area contributed by atoms with Gasteiger partial charge in [0.05, 0.1) is 18.6 Å². The summed E-state index contributed by atoms with van der Waals surface area (Å²) in [5.74, 6) is 0.510. The molecule has 126 valence electrons. The first kappa shape index (κ1) is 16.4. The van der Waals surface area contributed by atoms with E-state index in [1.807, 2.05) is 35.2 Å². The van der Waals surface area contributed by atoms with Crippen LogP contribution in [0.25, 0.3) is 0 Å². The predicted molar refractivity (Wildman–Crippen MR) is 91.4 cm³/mol. The molecule has 0 unspecified atom stereocenters. The van der Waals surface area contributed by atoms with E-state index in [4.69, 9.17) is 0 Å². The lowest BCUT2D eigenvalue weighted by molar-refractivity contribution is -0.126. The first-order valence-corrected chi connectivity index (χ1v) is 8.26. The van der Waals surface area contributed by atoms with E-state index in [9.17, 15) is 9.90 Å². The third kappa shape index (κ3) is 3.89. The molecule has 1 aromatic carbocycles. The maximum Gasteiger partial charge on any atom is 0.225 e. The van der Waals surface area contributed by atoms with E-state index in [2.05, 4.69) is 15.3 Å². The van der Waals surface area contributed by atoms with E-state index >= 15 is 0 Å². The van der Waals surface area contributed by atoms with Crippen molar-refractivity contribution in [2.24, 2.45) is 5.92 Å². The highest BCUT2D eigenvalue weighted by Crippen LogP contribution is 2.21. The van der Waals surface area contributed by atoms with Crippen molar-refractivity contribution in [1.82, 2.24) is 15.3 Å². The summed E-state index contributed by atoms with van der Waals surface area (Å²) >= 11 is 0. The first-order valence-electron chi connectivity index (χ1n) is 8.26. The van der Waals surface area contributed by atoms with E-state index in [1.54, 1.807) is 18.5 Å². The zero-order chi connectivity index (χ0) is 16.8. The maximum absolute atomic E-state index is 12.6. The third-order valence-electron chi connectivity index (χ3n) is 4.33. The third-order valence-corrected chi connectivity index (χ3v) is 4.33. The minimum Gasteiger partial charge on any atom is -0.394 e. The molecule has 1 aliphatic heterocycles. The standard InChI is InChI=1S/C18H22N4O2/c23-13-16(14-6-2-1-3-7-14)21-17(24)15-8-4-11-22(12-15)18-19-9-5-10-20-18/h1-3,5-7,9-10,15-16,23H,4,8,11-13H2,(H,21,24)/t15-,16+/m0/s1. The van der Waals surface area contributed by atoms with Crippen LogP contribution in [0.2, 0.25) is 0 Å². The topological polar surface area (TPSA) is 78.4 Å². The van der Waals surface area contributed by atoms with Crippen LogP contribution in [0.15, 0.2) is 48.8 Å². The molecule has 24 heavy (non-hydrogen) atoms. The monoisotopic (exact) mass is 326 g/mol. The number of benzene rings is 1. The Balaban J connectivity index is 1.64. The second-order valence-corrected chi connectivity index (χ2v) is 5.99. The number of hydrogen-bond acceptors (Lipinski definition) is 5. The van der Waals surface area contributed by atoms with E-state index in [1.165, 1.54) is 0 Å². The molecule has 6 heteroatoms. The molecule has 1 fully saturated rings. The molecule has 2 N–H and O–H groups in total. The molecule has 3 rings (SSSR count). The lowest BCUT2D eigenvalue weighted by atomic mass is 9.96. The van der Waals surface area contributed by atoms with Gasteiger partial charge in [-0.05, 0) is 24.5 Å². The van der Waals surface area contributed by atoms with Gasteiger partial charge < -0.3 is 15.3 Å². The largest absolute Gasteiger partial charge is 0.394 e. The van der Waals surface area contributed by atoms with Gasteiger partial charge in [0.15, 0.2) is 0 Å². The number of carbonyl (C=O) groups excluding carboxylic acids is 1. The molecular weight excluding hydrogens is 304 g/mol. The average Bonchev–Trinajstić information content (AvgIpc) is 2.67. The zero-order valence-corrected chi connectivity index (χ0v) is 13.5. The van der Waals surface area contributed by atoms with Gasteiger partial charge in [-0.15, -0.1) is 0 Å². The van der Waals surface area contributed by atoms with Crippen molar-refractivity contribution in [3.8, 4) is 0 Å². The Morgan fingerprint density at radius 1 is 1.25 bits per heavy atom. The van der Waals surface area contributed by atoms with Crippen LogP contribution in [-0.4, -0.2) is 40.7 Å². The van der Waals surface area contributed by atoms with Gasteiger partial charge in [0.25, 0.3) is 0 Å². The normalized spacial score (nSPS) is 18.9. The fourth-order valence-corrected chi connectivity index (χ4v) is 3.04. The number of rotatable bonds is 5. The number of carbonyl (C=O) groups is 1. The Morgan fingerprint density at radius 2 is 2.00 bits per heavy atom. The van der Waals surface area contributed by atoms with Gasteiger partial charge in [0.2, 0.25) is 11.9 Å². The smallest absolute Gasteiger partial charge is 0.225 e. The molecule has 1 aromatic heterocycles. The summed E-state index contributed by atoms with van der Waals surface area (Å²) in [6.45, 7) is 1.34. The molecule has 6 nitrogen and oxygen atoms in total. The molecular formula is C18H22N4O2. The molecule has 0 bridgehead atoms.